The van der Waals surface area contributed by atoms with E-state index in [1.165, 1.54) is 71.9 Å². The molecule has 0 radical (unpaired) electrons. The number of benzene rings is 10. The molecule has 0 amide bonds. The van der Waals surface area contributed by atoms with Crippen LogP contribution >= 0.6 is 0 Å². The average Bonchev–Trinajstić information content (AvgIpc) is 4.03. The average molecular weight is 817 g/mol. The van der Waals surface area contributed by atoms with Gasteiger partial charge in [0, 0.05) is 44.3 Å². The normalized spacial score (nSPS) is 12.0. The van der Waals surface area contributed by atoms with E-state index in [2.05, 4.69) is 240 Å². The zero-order chi connectivity index (χ0) is 42.1. The van der Waals surface area contributed by atoms with Crippen LogP contribution in [0.3, 0.4) is 0 Å². The van der Waals surface area contributed by atoms with E-state index in [9.17, 15) is 0 Å². The van der Waals surface area contributed by atoms with Gasteiger partial charge in [0.25, 0.3) is 0 Å². The number of nitrogens with zero attached hydrogens (tertiary/aromatic N) is 2. The lowest BCUT2D eigenvalue weighted by Gasteiger charge is -2.26. The highest BCUT2D eigenvalue weighted by Gasteiger charge is 2.22. The van der Waals surface area contributed by atoms with Gasteiger partial charge in [-0.2, -0.15) is 0 Å². The Balaban J connectivity index is 0.910. The Morgan fingerprint density at radius 3 is 1.62 bits per heavy atom. The summed E-state index contributed by atoms with van der Waals surface area (Å²) in [4.78, 5) is 2.39. The highest BCUT2D eigenvalue weighted by Crippen LogP contribution is 2.44. The molecule has 10 aromatic carbocycles. The van der Waals surface area contributed by atoms with Gasteiger partial charge in [-0.1, -0.05) is 146 Å². The van der Waals surface area contributed by atoms with Crippen LogP contribution in [0, 0.1) is 0 Å². The molecule has 1 aliphatic rings. The number of hydrogen-bond donors (Lipinski definition) is 0. The Morgan fingerprint density at radius 1 is 0.328 bits per heavy atom. The summed E-state index contributed by atoms with van der Waals surface area (Å²) in [6.45, 7) is 0. The second-order valence-electron chi connectivity index (χ2n) is 16.9. The zero-order valence-electron chi connectivity index (χ0n) is 34.9. The van der Waals surface area contributed by atoms with E-state index in [-0.39, 0.29) is 0 Å². The quantitative estimate of drug-likeness (QED) is 0.160. The van der Waals surface area contributed by atoms with Gasteiger partial charge >= 0.3 is 0 Å². The summed E-state index contributed by atoms with van der Waals surface area (Å²) >= 11 is 0. The largest absolute Gasteiger partial charge is 0.456 e. The number of furan rings is 1. The fourth-order valence-electron chi connectivity index (χ4n) is 10.1. The van der Waals surface area contributed by atoms with E-state index >= 15 is 0 Å². The first-order valence-electron chi connectivity index (χ1n) is 22.0. The maximum Gasteiger partial charge on any atom is 0.135 e. The predicted octanol–water partition coefficient (Wildman–Crippen LogP) is 16.7. The molecule has 0 aliphatic heterocycles. The lowest BCUT2D eigenvalue weighted by molar-refractivity contribution is 0.669. The van der Waals surface area contributed by atoms with Gasteiger partial charge in [-0.3, -0.25) is 0 Å². The molecular weight excluding hydrogens is 777 g/mol. The van der Waals surface area contributed by atoms with Crippen molar-refractivity contribution in [2.45, 2.75) is 6.42 Å². The Hall–Kier alpha value is -8.40. The summed E-state index contributed by atoms with van der Waals surface area (Å²) in [7, 11) is 0. The van der Waals surface area contributed by atoms with Crippen LogP contribution in [-0.2, 0) is 6.42 Å². The van der Waals surface area contributed by atoms with E-state index in [1.54, 1.807) is 0 Å². The van der Waals surface area contributed by atoms with Gasteiger partial charge in [-0.15, -0.1) is 0 Å². The molecule has 0 fully saturated rings. The van der Waals surface area contributed by atoms with Crippen LogP contribution in [0.2, 0.25) is 0 Å². The summed E-state index contributed by atoms with van der Waals surface area (Å²) in [5.41, 5.74) is 21.1. The SMILES string of the molecule is c1ccc(-c2ccc(-c3ccc(N(c4ccc5c(c4)Cc4ccccc4-5)c4ccc5oc6ccc(-c7ccc8c(c7)c7ccccc7n8-c7ccccc7)cc6c5c4)cc3)cc2)cc1. The number of hydrogen-bond acceptors (Lipinski definition) is 2. The van der Waals surface area contributed by atoms with Crippen LogP contribution in [-0.4, -0.2) is 4.57 Å². The standard InChI is InChI=1S/C61H40N2O/c1-3-11-40(12-4-1)41-19-21-42(22-20-41)43-23-27-49(28-24-43)62(50-29-31-53-47(36-50)35-46-13-7-8-16-52(46)53)51-30-34-61-57(39-51)56-38-45(26-33-60(56)64-61)44-25-32-59-55(37-44)54-17-9-10-18-58(54)63(59)48-14-5-2-6-15-48/h1-34,36-39H,35H2. The number of anilines is 3. The third-order valence-corrected chi connectivity index (χ3v) is 13.2. The Kier molecular flexibility index (Phi) is 8.28. The van der Waals surface area contributed by atoms with Crippen LogP contribution in [0.4, 0.5) is 17.1 Å². The Morgan fingerprint density at radius 2 is 0.844 bits per heavy atom. The molecule has 3 heteroatoms. The van der Waals surface area contributed by atoms with Crippen LogP contribution in [0.5, 0.6) is 0 Å². The molecule has 300 valence electrons. The zero-order valence-corrected chi connectivity index (χ0v) is 34.9. The van der Waals surface area contributed by atoms with Crippen molar-refractivity contribution < 1.29 is 4.42 Å². The van der Waals surface area contributed by atoms with Gasteiger partial charge in [0.15, 0.2) is 0 Å². The molecule has 0 unspecified atom stereocenters. The van der Waals surface area contributed by atoms with Gasteiger partial charge in [-0.05, 0) is 147 Å². The first kappa shape index (κ1) is 36.3. The molecule has 64 heavy (non-hydrogen) atoms. The van der Waals surface area contributed by atoms with Crippen molar-refractivity contribution in [2.24, 2.45) is 0 Å². The van der Waals surface area contributed by atoms with E-state index in [4.69, 9.17) is 4.42 Å². The molecule has 3 nitrogen and oxygen atoms in total. The second-order valence-corrected chi connectivity index (χ2v) is 16.9. The first-order chi connectivity index (χ1) is 31.7. The minimum Gasteiger partial charge on any atom is -0.456 e. The monoisotopic (exact) mass is 816 g/mol. The predicted molar refractivity (Wildman–Crippen MR) is 267 cm³/mol. The highest BCUT2D eigenvalue weighted by atomic mass is 16.3. The molecule has 0 atom stereocenters. The molecule has 13 rings (SSSR count). The lowest BCUT2D eigenvalue weighted by Crippen LogP contribution is -2.10. The topological polar surface area (TPSA) is 21.3 Å². The van der Waals surface area contributed by atoms with Crippen molar-refractivity contribution in [3.05, 3.63) is 242 Å². The molecule has 2 heterocycles. The van der Waals surface area contributed by atoms with Crippen molar-refractivity contribution in [3.63, 3.8) is 0 Å². The number of rotatable bonds is 7. The lowest BCUT2D eigenvalue weighted by atomic mass is 9.99. The smallest absolute Gasteiger partial charge is 0.135 e. The maximum absolute atomic E-state index is 6.55. The molecule has 12 aromatic rings. The van der Waals surface area contributed by atoms with Crippen molar-refractivity contribution in [1.29, 1.82) is 0 Å². The number of para-hydroxylation sites is 2. The van der Waals surface area contributed by atoms with Crippen LogP contribution < -0.4 is 4.90 Å². The molecule has 0 N–H and O–H groups in total. The fraction of sp³-hybridized carbons (Fsp3) is 0.0164. The van der Waals surface area contributed by atoms with Gasteiger partial charge in [0.2, 0.25) is 0 Å². The van der Waals surface area contributed by atoms with Gasteiger partial charge < -0.3 is 13.9 Å². The maximum atomic E-state index is 6.55. The van der Waals surface area contributed by atoms with Crippen LogP contribution in [0.25, 0.3) is 93.9 Å². The third kappa shape index (κ3) is 5.97. The fourth-order valence-corrected chi connectivity index (χ4v) is 10.1. The Labute approximate surface area is 371 Å². The molecule has 0 saturated heterocycles. The minimum atomic E-state index is 0.871. The van der Waals surface area contributed by atoms with Crippen LogP contribution in [0.15, 0.2) is 235 Å². The number of fused-ring (bicyclic) bond motifs is 9. The van der Waals surface area contributed by atoms with Gasteiger partial charge in [-0.25, -0.2) is 0 Å². The summed E-state index contributed by atoms with van der Waals surface area (Å²) in [5.74, 6) is 0. The van der Waals surface area contributed by atoms with E-state index in [1.807, 2.05) is 0 Å². The van der Waals surface area contributed by atoms with Crippen molar-refractivity contribution in [2.75, 3.05) is 4.90 Å². The Bertz CT molecular complexity index is 3730. The van der Waals surface area contributed by atoms with Gasteiger partial charge in [0.05, 0.1) is 11.0 Å². The number of aromatic nitrogens is 1. The molecule has 1 aliphatic carbocycles. The van der Waals surface area contributed by atoms with E-state index in [0.717, 1.165) is 56.7 Å². The summed E-state index contributed by atoms with van der Waals surface area (Å²) in [6.07, 6.45) is 0.928. The molecule has 0 saturated carbocycles. The molecule has 0 spiro atoms. The minimum absolute atomic E-state index is 0.871. The van der Waals surface area contributed by atoms with E-state index in [0.29, 0.717) is 0 Å². The highest BCUT2D eigenvalue weighted by molar-refractivity contribution is 6.12. The van der Waals surface area contributed by atoms with E-state index < -0.39 is 0 Å². The van der Waals surface area contributed by atoms with Crippen molar-refractivity contribution >= 4 is 60.8 Å². The van der Waals surface area contributed by atoms with Crippen molar-refractivity contribution in [1.82, 2.24) is 4.57 Å². The summed E-state index contributed by atoms with van der Waals surface area (Å²) < 4.78 is 8.91. The van der Waals surface area contributed by atoms with Crippen LogP contribution in [0.1, 0.15) is 11.1 Å². The second kappa shape index (κ2) is 14.6. The van der Waals surface area contributed by atoms with Gasteiger partial charge in [0.1, 0.15) is 11.2 Å². The molecule has 2 aromatic heterocycles. The summed E-state index contributed by atoms with van der Waals surface area (Å²) in [5, 5.41) is 4.66. The molecular formula is C61H40N2O. The first-order valence-corrected chi connectivity index (χ1v) is 22.0. The van der Waals surface area contributed by atoms with Crippen molar-refractivity contribution in [3.8, 4) is 50.2 Å². The summed E-state index contributed by atoms with van der Waals surface area (Å²) in [6, 6.07) is 83.6. The molecule has 0 bridgehead atoms. The third-order valence-electron chi connectivity index (χ3n) is 13.2.